The van der Waals surface area contributed by atoms with Gasteiger partial charge in [0, 0.05) is 14.2 Å². The standard InChI is InChI=1S/C15H18BrNS/c1-4-17-15(14-8-6-11(3)18-14)12-7-5-10(2)9-13(12)16/h5-9,15,17H,4H2,1-3H3. The van der Waals surface area contributed by atoms with E-state index >= 15 is 0 Å². The van der Waals surface area contributed by atoms with Crippen LogP contribution in [-0.2, 0) is 0 Å². The van der Waals surface area contributed by atoms with Gasteiger partial charge in [-0.2, -0.15) is 0 Å². The van der Waals surface area contributed by atoms with Gasteiger partial charge in [-0.25, -0.2) is 0 Å². The van der Waals surface area contributed by atoms with Gasteiger partial charge in [-0.15, -0.1) is 11.3 Å². The van der Waals surface area contributed by atoms with E-state index in [9.17, 15) is 0 Å². The number of hydrogen-bond acceptors (Lipinski definition) is 2. The Hall–Kier alpha value is -0.640. The van der Waals surface area contributed by atoms with Crippen LogP contribution in [0.4, 0.5) is 0 Å². The average Bonchev–Trinajstić information content (AvgIpc) is 2.73. The predicted molar refractivity (Wildman–Crippen MR) is 83.5 cm³/mol. The van der Waals surface area contributed by atoms with Gasteiger partial charge in [0.1, 0.15) is 0 Å². The van der Waals surface area contributed by atoms with Crippen molar-refractivity contribution in [3.63, 3.8) is 0 Å². The summed E-state index contributed by atoms with van der Waals surface area (Å²) in [6.07, 6.45) is 0. The van der Waals surface area contributed by atoms with Crippen LogP contribution in [0.25, 0.3) is 0 Å². The predicted octanol–water partition coefficient (Wildman–Crippen LogP) is 4.83. The van der Waals surface area contributed by atoms with Gasteiger partial charge in [0.05, 0.1) is 6.04 Å². The zero-order valence-corrected chi connectivity index (χ0v) is 13.4. The maximum absolute atomic E-state index is 3.69. The maximum Gasteiger partial charge on any atom is 0.0682 e. The SMILES string of the molecule is CCNC(c1ccc(C)s1)c1ccc(C)cc1Br. The molecule has 0 spiro atoms. The van der Waals surface area contributed by atoms with E-state index in [-0.39, 0.29) is 6.04 Å². The molecule has 0 aliphatic rings. The van der Waals surface area contributed by atoms with Crippen molar-refractivity contribution in [2.24, 2.45) is 0 Å². The van der Waals surface area contributed by atoms with Crippen LogP contribution in [-0.4, -0.2) is 6.54 Å². The van der Waals surface area contributed by atoms with Crippen LogP contribution in [0.2, 0.25) is 0 Å². The summed E-state index contributed by atoms with van der Waals surface area (Å²) >= 11 is 5.55. The fraction of sp³-hybridized carbons (Fsp3) is 0.333. The lowest BCUT2D eigenvalue weighted by molar-refractivity contribution is 0.637. The monoisotopic (exact) mass is 323 g/mol. The molecule has 0 amide bonds. The number of benzene rings is 1. The van der Waals surface area contributed by atoms with E-state index in [1.165, 1.54) is 25.4 Å². The summed E-state index contributed by atoms with van der Waals surface area (Å²) in [4.78, 5) is 2.73. The summed E-state index contributed by atoms with van der Waals surface area (Å²) in [5, 5.41) is 3.57. The maximum atomic E-state index is 3.69. The van der Waals surface area contributed by atoms with Gasteiger partial charge in [-0.05, 0) is 49.7 Å². The molecule has 2 aromatic rings. The van der Waals surface area contributed by atoms with Gasteiger partial charge < -0.3 is 5.32 Å². The van der Waals surface area contributed by atoms with E-state index in [1.54, 1.807) is 0 Å². The largest absolute Gasteiger partial charge is 0.306 e. The molecule has 96 valence electrons. The van der Waals surface area contributed by atoms with Crippen LogP contribution < -0.4 is 5.32 Å². The Morgan fingerprint density at radius 2 is 2.00 bits per heavy atom. The average molecular weight is 324 g/mol. The Morgan fingerprint density at radius 3 is 2.56 bits per heavy atom. The van der Waals surface area contributed by atoms with Gasteiger partial charge in [0.15, 0.2) is 0 Å². The smallest absolute Gasteiger partial charge is 0.0682 e. The summed E-state index contributed by atoms with van der Waals surface area (Å²) in [6.45, 7) is 7.38. The second-order valence-electron chi connectivity index (χ2n) is 4.46. The van der Waals surface area contributed by atoms with Gasteiger partial charge in [0.2, 0.25) is 0 Å². The molecule has 0 fully saturated rings. The van der Waals surface area contributed by atoms with Crippen LogP contribution in [0.3, 0.4) is 0 Å². The molecule has 0 saturated carbocycles. The lowest BCUT2D eigenvalue weighted by Crippen LogP contribution is -2.21. The minimum absolute atomic E-state index is 0.281. The molecule has 1 nitrogen and oxygen atoms in total. The molecule has 0 radical (unpaired) electrons. The van der Waals surface area contributed by atoms with E-state index < -0.39 is 0 Å². The molecule has 0 bridgehead atoms. The molecule has 1 aromatic carbocycles. The summed E-state index contributed by atoms with van der Waals surface area (Å²) in [7, 11) is 0. The van der Waals surface area contributed by atoms with E-state index in [1.807, 2.05) is 11.3 Å². The van der Waals surface area contributed by atoms with Gasteiger partial charge in [-0.1, -0.05) is 35.0 Å². The number of aryl methyl sites for hydroxylation is 2. The third-order valence-corrected chi connectivity index (χ3v) is 4.67. The second kappa shape index (κ2) is 6.00. The zero-order chi connectivity index (χ0) is 13.1. The molecule has 1 heterocycles. The number of halogens is 1. The zero-order valence-electron chi connectivity index (χ0n) is 11.0. The molecular weight excluding hydrogens is 306 g/mol. The normalized spacial score (nSPS) is 12.7. The molecule has 0 aliphatic carbocycles. The van der Waals surface area contributed by atoms with Gasteiger partial charge >= 0.3 is 0 Å². The van der Waals surface area contributed by atoms with Crippen molar-refractivity contribution >= 4 is 27.3 Å². The van der Waals surface area contributed by atoms with Gasteiger partial charge in [0.25, 0.3) is 0 Å². The van der Waals surface area contributed by atoms with Gasteiger partial charge in [-0.3, -0.25) is 0 Å². The highest BCUT2D eigenvalue weighted by Crippen LogP contribution is 2.32. The summed E-state index contributed by atoms with van der Waals surface area (Å²) in [5.41, 5.74) is 2.59. The quantitative estimate of drug-likeness (QED) is 0.850. The molecule has 3 heteroatoms. The molecule has 18 heavy (non-hydrogen) atoms. The van der Waals surface area contributed by atoms with E-state index in [0.717, 1.165) is 6.54 Å². The first-order valence-corrected chi connectivity index (χ1v) is 7.78. The number of hydrogen-bond donors (Lipinski definition) is 1. The molecular formula is C15H18BrNS. The van der Waals surface area contributed by atoms with Crippen molar-refractivity contribution < 1.29 is 0 Å². The molecule has 1 aromatic heterocycles. The van der Waals surface area contributed by atoms with Crippen molar-refractivity contribution in [3.8, 4) is 0 Å². The molecule has 1 N–H and O–H groups in total. The Morgan fingerprint density at radius 1 is 1.22 bits per heavy atom. The van der Waals surface area contributed by atoms with E-state index in [2.05, 4.69) is 72.3 Å². The molecule has 1 unspecified atom stereocenters. The summed E-state index contributed by atoms with van der Waals surface area (Å²) < 4.78 is 1.18. The van der Waals surface area contributed by atoms with Crippen molar-refractivity contribution in [1.82, 2.24) is 5.32 Å². The topological polar surface area (TPSA) is 12.0 Å². The van der Waals surface area contributed by atoms with Crippen LogP contribution in [0, 0.1) is 13.8 Å². The summed E-state index contributed by atoms with van der Waals surface area (Å²) in [6, 6.07) is 11.3. The number of thiophene rings is 1. The highest BCUT2D eigenvalue weighted by atomic mass is 79.9. The minimum Gasteiger partial charge on any atom is -0.306 e. The summed E-state index contributed by atoms with van der Waals surface area (Å²) in [5.74, 6) is 0. The fourth-order valence-electron chi connectivity index (χ4n) is 2.04. The van der Waals surface area contributed by atoms with Crippen molar-refractivity contribution in [1.29, 1.82) is 0 Å². The van der Waals surface area contributed by atoms with Crippen molar-refractivity contribution in [2.45, 2.75) is 26.8 Å². The van der Waals surface area contributed by atoms with Crippen LogP contribution in [0.1, 0.15) is 33.8 Å². The first-order valence-electron chi connectivity index (χ1n) is 6.17. The Balaban J connectivity index is 2.41. The van der Waals surface area contributed by atoms with Crippen LogP contribution >= 0.6 is 27.3 Å². The first-order chi connectivity index (χ1) is 8.61. The van der Waals surface area contributed by atoms with Crippen molar-refractivity contribution in [3.05, 3.63) is 55.7 Å². The van der Waals surface area contributed by atoms with Crippen LogP contribution in [0.5, 0.6) is 0 Å². The third-order valence-electron chi connectivity index (χ3n) is 2.92. The van der Waals surface area contributed by atoms with E-state index in [0.29, 0.717) is 0 Å². The van der Waals surface area contributed by atoms with E-state index in [4.69, 9.17) is 0 Å². The molecule has 0 saturated heterocycles. The lowest BCUT2D eigenvalue weighted by Gasteiger charge is -2.19. The Labute approximate surface area is 121 Å². The van der Waals surface area contributed by atoms with Crippen molar-refractivity contribution in [2.75, 3.05) is 6.54 Å². The first kappa shape index (κ1) is 13.8. The molecule has 1 atom stereocenters. The third kappa shape index (κ3) is 3.02. The number of rotatable bonds is 4. The highest BCUT2D eigenvalue weighted by Gasteiger charge is 2.17. The van der Waals surface area contributed by atoms with Crippen LogP contribution in [0.15, 0.2) is 34.8 Å². The fourth-order valence-corrected chi connectivity index (χ4v) is 3.74. The Kier molecular flexibility index (Phi) is 4.60. The second-order valence-corrected chi connectivity index (χ2v) is 6.64. The molecule has 0 aliphatic heterocycles. The molecule has 2 rings (SSSR count). The Bertz CT molecular complexity index is 533. The number of nitrogens with one attached hydrogen (secondary N) is 1. The lowest BCUT2D eigenvalue weighted by atomic mass is 10.0. The minimum atomic E-state index is 0.281. The highest BCUT2D eigenvalue weighted by molar-refractivity contribution is 9.10.